The van der Waals surface area contributed by atoms with Crippen LogP contribution in [-0.4, -0.2) is 36.2 Å². The fourth-order valence-corrected chi connectivity index (χ4v) is 2.28. The van der Waals surface area contributed by atoms with Gasteiger partial charge < -0.3 is 15.4 Å². The van der Waals surface area contributed by atoms with Gasteiger partial charge >= 0.3 is 12.1 Å². The number of alkyl halides is 3. The Morgan fingerprint density at radius 3 is 2.82 bits per heavy atom. The third-order valence-electron chi connectivity index (χ3n) is 3.34. The van der Waals surface area contributed by atoms with E-state index in [4.69, 9.17) is 15.7 Å². The lowest BCUT2D eigenvalue weighted by Gasteiger charge is -2.33. The molecule has 1 unspecified atom stereocenters. The third kappa shape index (κ3) is 3.61. The first-order valence-corrected chi connectivity index (χ1v) is 6.63. The van der Waals surface area contributed by atoms with E-state index in [1.54, 1.807) is 0 Å². The molecule has 0 bridgehead atoms. The zero-order chi connectivity index (χ0) is 16.3. The summed E-state index contributed by atoms with van der Waals surface area (Å²) < 4.78 is 43.0. The number of hydrogen-bond acceptors (Lipinski definition) is 4. The second-order valence-corrected chi connectivity index (χ2v) is 5.00. The van der Waals surface area contributed by atoms with Crippen molar-refractivity contribution in [2.45, 2.75) is 25.1 Å². The van der Waals surface area contributed by atoms with Gasteiger partial charge in [0.1, 0.15) is 11.9 Å². The summed E-state index contributed by atoms with van der Waals surface area (Å²) in [5.41, 5.74) is 6.36. The monoisotopic (exact) mass is 313 g/mol. The van der Waals surface area contributed by atoms with E-state index in [2.05, 4.69) is 0 Å². The minimum atomic E-state index is -4.89. The molecule has 0 aliphatic carbocycles. The van der Waals surface area contributed by atoms with Crippen molar-refractivity contribution in [1.82, 2.24) is 4.90 Å². The number of carbonyl (C=O) groups is 1. The molecule has 1 aliphatic rings. The maximum absolute atomic E-state index is 12.5. The van der Waals surface area contributed by atoms with Crippen molar-refractivity contribution >= 4 is 11.6 Å². The van der Waals surface area contributed by atoms with Crippen molar-refractivity contribution in [2.75, 3.05) is 18.8 Å². The molecule has 1 aromatic rings. The van der Waals surface area contributed by atoms with Crippen LogP contribution in [0, 0.1) is 11.3 Å². The van der Waals surface area contributed by atoms with Gasteiger partial charge in [0.2, 0.25) is 0 Å². The van der Waals surface area contributed by atoms with Crippen molar-refractivity contribution in [2.24, 2.45) is 0 Å². The van der Waals surface area contributed by atoms with Crippen molar-refractivity contribution in [3.8, 4) is 11.8 Å². The lowest BCUT2D eigenvalue weighted by Crippen LogP contribution is -2.49. The summed E-state index contributed by atoms with van der Waals surface area (Å²) >= 11 is 0. The number of halogens is 3. The summed E-state index contributed by atoms with van der Waals surface area (Å²) in [7, 11) is 0. The van der Waals surface area contributed by atoms with Crippen LogP contribution in [0.3, 0.4) is 0 Å². The highest BCUT2D eigenvalue weighted by molar-refractivity contribution is 5.82. The van der Waals surface area contributed by atoms with Crippen molar-refractivity contribution < 1.29 is 22.7 Å². The molecule has 22 heavy (non-hydrogen) atoms. The van der Waals surface area contributed by atoms with Crippen LogP contribution < -0.4 is 10.5 Å². The van der Waals surface area contributed by atoms with E-state index in [1.165, 1.54) is 18.2 Å². The number of nitrogens with two attached hydrogens (primary N) is 1. The number of carbonyl (C=O) groups excluding carboxylic acids is 1. The number of benzene rings is 1. The predicted molar refractivity (Wildman–Crippen MR) is 71.9 cm³/mol. The van der Waals surface area contributed by atoms with Crippen LogP contribution in [0.5, 0.6) is 5.75 Å². The number of piperidine rings is 1. The predicted octanol–water partition coefficient (Wildman–Crippen LogP) is 2.07. The van der Waals surface area contributed by atoms with Crippen LogP contribution >= 0.6 is 0 Å². The van der Waals surface area contributed by atoms with E-state index in [9.17, 15) is 18.0 Å². The zero-order valence-corrected chi connectivity index (χ0v) is 11.6. The Hall–Kier alpha value is -2.43. The van der Waals surface area contributed by atoms with Crippen LogP contribution in [0.25, 0.3) is 0 Å². The van der Waals surface area contributed by atoms with Gasteiger partial charge in [-0.15, -0.1) is 0 Å². The molecule has 1 aromatic carbocycles. The number of nitriles is 1. The Balaban J connectivity index is 2.08. The molecule has 1 heterocycles. The Morgan fingerprint density at radius 1 is 1.45 bits per heavy atom. The normalized spacial score (nSPS) is 18.6. The average Bonchev–Trinajstić information content (AvgIpc) is 2.48. The number of nitrogen functional groups attached to an aromatic ring is 1. The smallest absolute Gasteiger partial charge is 0.471 e. The molecule has 1 aliphatic heterocycles. The Morgan fingerprint density at radius 2 is 2.18 bits per heavy atom. The van der Waals surface area contributed by atoms with Gasteiger partial charge in [-0.3, -0.25) is 4.79 Å². The van der Waals surface area contributed by atoms with Crippen LogP contribution in [0.15, 0.2) is 18.2 Å². The molecule has 0 radical (unpaired) electrons. The quantitative estimate of drug-likeness (QED) is 0.848. The molecule has 0 saturated carbocycles. The minimum Gasteiger partial charge on any atom is -0.486 e. The Kier molecular flexibility index (Phi) is 4.45. The van der Waals surface area contributed by atoms with Gasteiger partial charge in [0.25, 0.3) is 0 Å². The van der Waals surface area contributed by atoms with Crippen molar-refractivity contribution in [1.29, 1.82) is 5.26 Å². The molecule has 1 atom stereocenters. The van der Waals surface area contributed by atoms with Gasteiger partial charge in [-0.1, -0.05) is 0 Å². The van der Waals surface area contributed by atoms with Crippen LogP contribution in [0.4, 0.5) is 18.9 Å². The third-order valence-corrected chi connectivity index (χ3v) is 3.34. The van der Waals surface area contributed by atoms with Gasteiger partial charge in [0, 0.05) is 12.6 Å². The molecule has 1 saturated heterocycles. The van der Waals surface area contributed by atoms with Crippen LogP contribution in [0.1, 0.15) is 18.4 Å². The number of rotatable bonds is 2. The average molecular weight is 313 g/mol. The number of likely N-dealkylation sites (tertiary alicyclic amines) is 1. The minimum absolute atomic E-state index is 0.0475. The fourth-order valence-electron chi connectivity index (χ4n) is 2.28. The molecule has 8 heteroatoms. The second-order valence-electron chi connectivity index (χ2n) is 5.00. The highest BCUT2D eigenvalue weighted by Gasteiger charge is 2.43. The zero-order valence-electron chi connectivity index (χ0n) is 11.6. The summed E-state index contributed by atoms with van der Waals surface area (Å²) in [6.45, 7) is -0.111. The molecule has 5 nitrogen and oxygen atoms in total. The summed E-state index contributed by atoms with van der Waals surface area (Å²) in [6, 6.07) is 6.37. The van der Waals surface area contributed by atoms with E-state index in [-0.39, 0.29) is 18.8 Å². The molecule has 118 valence electrons. The summed E-state index contributed by atoms with van der Waals surface area (Å²) in [5, 5.41) is 8.84. The van der Waals surface area contributed by atoms with Crippen molar-refractivity contribution in [3.05, 3.63) is 23.8 Å². The number of nitrogens with zero attached hydrogens (tertiary/aromatic N) is 2. The molecule has 2 N–H and O–H groups in total. The lowest BCUT2D eigenvalue weighted by molar-refractivity contribution is -0.187. The largest absolute Gasteiger partial charge is 0.486 e. The molecule has 2 rings (SSSR count). The van der Waals surface area contributed by atoms with Gasteiger partial charge in [0.15, 0.2) is 0 Å². The molecule has 1 fully saturated rings. The lowest BCUT2D eigenvalue weighted by atomic mass is 10.1. The molecular weight excluding hydrogens is 299 g/mol. The topological polar surface area (TPSA) is 79.4 Å². The van der Waals surface area contributed by atoms with Gasteiger partial charge in [0.05, 0.1) is 23.9 Å². The fraction of sp³-hybridized carbons (Fsp3) is 0.429. The first kappa shape index (κ1) is 15.9. The summed E-state index contributed by atoms with van der Waals surface area (Å²) in [6.07, 6.45) is -4.56. The molecule has 0 spiro atoms. The number of hydrogen-bond donors (Lipinski definition) is 1. The molecule has 1 amide bonds. The number of ether oxygens (including phenoxy) is 1. The van der Waals surface area contributed by atoms with E-state index in [0.29, 0.717) is 24.1 Å². The van der Waals surface area contributed by atoms with E-state index in [0.717, 1.165) is 4.90 Å². The number of amides is 1. The summed E-state index contributed by atoms with van der Waals surface area (Å²) in [4.78, 5) is 12.0. The van der Waals surface area contributed by atoms with E-state index < -0.39 is 18.2 Å². The standard InChI is InChI=1S/C14H14F3N3O2/c15-14(16,17)13(21)20-5-1-2-10(8-20)22-12-6-9(7-18)3-4-11(12)19/h3-4,6,10H,1-2,5,8,19H2. The van der Waals surface area contributed by atoms with Gasteiger partial charge in [-0.2, -0.15) is 18.4 Å². The van der Waals surface area contributed by atoms with E-state index >= 15 is 0 Å². The number of anilines is 1. The molecular formula is C14H14F3N3O2. The summed E-state index contributed by atoms with van der Waals surface area (Å²) in [5.74, 6) is -1.62. The Bertz CT molecular complexity index is 610. The first-order chi connectivity index (χ1) is 10.3. The first-order valence-electron chi connectivity index (χ1n) is 6.63. The highest BCUT2D eigenvalue weighted by Crippen LogP contribution is 2.27. The molecule has 0 aromatic heterocycles. The SMILES string of the molecule is N#Cc1ccc(N)c(OC2CCCN(C(=O)C(F)(F)F)C2)c1. The Labute approximate surface area is 125 Å². The van der Waals surface area contributed by atoms with E-state index in [1.807, 2.05) is 6.07 Å². The maximum atomic E-state index is 12.5. The highest BCUT2D eigenvalue weighted by atomic mass is 19.4. The van der Waals surface area contributed by atoms with Crippen molar-refractivity contribution in [3.63, 3.8) is 0 Å². The van der Waals surface area contributed by atoms with Gasteiger partial charge in [-0.25, -0.2) is 0 Å². The maximum Gasteiger partial charge on any atom is 0.471 e. The van der Waals surface area contributed by atoms with Crippen LogP contribution in [-0.2, 0) is 4.79 Å². The second kappa shape index (κ2) is 6.13. The van der Waals surface area contributed by atoms with Crippen LogP contribution in [0.2, 0.25) is 0 Å². The van der Waals surface area contributed by atoms with Gasteiger partial charge in [-0.05, 0) is 25.0 Å².